The highest BCUT2D eigenvalue weighted by atomic mass is 16.7. The molecule has 0 amide bonds. The van der Waals surface area contributed by atoms with Crippen LogP contribution in [0, 0.1) is 5.92 Å². The zero-order chi connectivity index (χ0) is 14.4. The SMILES string of the molecule is CC1(C)OB(c2ccnc(OCC3CC3)c2)OC1(C)C. The van der Waals surface area contributed by atoms with E-state index in [1.807, 2.05) is 12.1 Å². The summed E-state index contributed by atoms with van der Waals surface area (Å²) >= 11 is 0. The van der Waals surface area contributed by atoms with Gasteiger partial charge in [-0.25, -0.2) is 4.98 Å². The van der Waals surface area contributed by atoms with Crippen LogP contribution in [0.5, 0.6) is 5.88 Å². The van der Waals surface area contributed by atoms with Gasteiger partial charge in [-0.1, -0.05) is 0 Å². The van der Waals surface area contributed by atoms with E-state index in [0.29, 0.717) is 5.88 Å². The van der Waals surface area contributed by atoms with Crippen molar-refractivity contribution >= 4 is 12.6 Å². The van der Waals surface area contributed by atoms with Gasteiger partial charge < -0.3 is 14.0 Å². The van der Waals surface area contributed by atoms with Crippen molar-refractivity contribution in [2.24, 2.45) is 5.92 Å². The van der Waals surface area contributed by atoms with Gasteiger partial charge >= 0.3 is 7.12 Å². The van der Waals surface area contributed by atoms with E-state index in [-0.39, 0.29) is 18.3 Å². The van der Waals surface area contributed by atoms with Gasteiger partial charge in [-0.15, -0.1) is 0 Å². The van der Waals surface area contributed by atoms with Crippen LogP contribution in [0.4, 0.5) is 0 Å². The summed E-state index contributed by atoms with van der Waals surface area (Å²) in [6, 6.07) is 3.84. The molecule has 2 fully saturated rings. The number of ether oxygens (including phenoxy) is 1. The van der Waals surface area contributed by atoms with Crippen LogP contribution < -0.4 is 10.2 Å². The molecule has 0 aromatic carbocycles. The molecule has 1 aliphatic carbocycles. The number of rotatable bonds is 4. The van der Waals surface area contributed by atoms with Crippen LogP contribution in [0.2, 0.25) is 0 Å². The van der Waals surface area contributed by atoms with Gasteiger partial charge in [0.1, 0.15) is 0 Å². The topological polar surface area (TPSA) is 40.6 Å². The molecular weight excluding hydrogens is 253 g/mol. The molecule has 0 unspecified atom stereocenters. The van der Waals surface area contributed by atoms with Crippen LogP contribution in [0.1, 0.15) is 40.5 Å². The van der Waals surface area contributed by atoms with Crippen LogP contribution >= 0.6 is 0 Å². The zero-order valence-corrected chi connectivity index (χ0v) is 12.7. The lowest BCUT2D eigenvalue weighted by atomic mass is 9.80. The Morgan fingerprint density at radius 1 is 1.25 bits per heavy atom. The zero-order valence-electron chi connectivity index (χ0n) is 12.7. The maximum Gasteiger partial charge on any atom is 0.495 e. The highest BCUT2D eigenvalue weighted by molar-refractivity contribution is 6.62. The van der Waals surface area contributed by atoms with Crippen LogP contribution in [0.3, 0.4) is 0 Å². The quantitative estimate of drug-likeness (QED) is 0.790. The average molecular weight is 275 g/mol. The number of hydrogen-bond acceptors (Lipinski definition) is 4. The Hall–Kier alpha value is -1.07. The van der Waals surface area contributed by atoms with E-state index in [2.05, 4.69) is 32.7 Å². The molecule has 0 spiro atoms. The number of hydrogen-bond donors (Lipinski definition) is 0. The fraction of sp³-hybridized carbons (Fsp3) is 0.667. The molecule has 20 heavy (non-hydrogen) atoms. The second kappa shape index (κ2) is 4.74. The Bertz CT molecular complexity index is 484. The van der Waals surface area contributed by atoms with Gasteiger partial charge in [0.15, 0.2) is 0 Å². The summed E-state index contributed by atoms with van der Waals surface area (Å²) in [7, 11) is -0.355. The number of nitrogens with zero attached hydrogens (tertiary/aromatic N) is 1. The molecule has 1 aromatic rings. The molecule has 5 heteroatoms. The van der Waals surface area contributed by atoms with Gasteiger partial charge in [0.2, 0.25) is 5.88 Å². The third-order valence-electron chi connectivity index (χ3n) is 4.45. The number of pyridine rings is 1. The largest absolute Gasteiger partial charge is 0.495 e. The lowest BCUT2D eigenvalue weighted by Crippen LogP contribution is -2.41. The van der Waals surface area contributed by atoms with Crippen molar-refractivity contribution in [1.82, 2.24) is 4.98 Å². The van der Waals surface area contributed by atoms with Gasteiger partial charge in [0.25, 0.3) is 0 Å². The monoisotopic (exact) mass is 275 g/mol. The van der Waals surface area contributed by atoms with Crippen molar-refractivity contribution in [2.45, 2.75) is 51.7 Å². The van der Waals surface area contributed by atoms with Crippen molar-refractivity contribution in [2.75, 3.05) is 6.61 Å². The third-order valence-corrected chi connectivity index (χ3v) is 4.45. The first-order valence-electron chi connectivity index (χ1n) is 7.32. The second-order valence-corrected chi connectivity index (χ2v) is 6.77. The molecular formula is C15H22BNO3. The van der Waals surface area contributed by atoms with Gasteiger partial charge in [0, 0.05) is 12.3 Å². The summed E-state index contributed by atoms with van der Waals surface area (Å²) in [6.07, 6.45) is 4.30. The highest BCUT2D eigenvalue weighted by Crippen LogP contribution is 2.36. The van der Waals surface area contributed by atoms with Crippen molar-refractivity contribution in [3.8, 4) is 5.88 Å². The maximum absolute atomic E-state index is 6.04. The molecule has 1 saturated heterocycles. The van der Waals surface area contributed by atoms with Crippen LogP contribution in [0.25, 0.3) is 0 Å². The molecule has 1 aliphatic heterocycles. The van der Waals surface area contributed by atoms with Crippen molar-refractivity contribution in [1.29, 1.82) is 0 Å². The van der Waals surface area contributed by atoms with E-state index < -0.39 is 0 Å². The molecule has 2 aliphatic rings. The van der Waals surface area contributed by atoms with Gasteiger partial charge in [0.05, 0.1) is 17.8 Å². The van der Waals surface area contributed by atoms with Crippen LogP contribution in [-0.4, -0.2) is 29.9 Å². The van der Waals surface area contributed by atoms with E-state index in [1.165, 1.54) is 12.8 Å². The predicted octanol–water partition coefficient (Wildman–Crippen LogP) is 2.17. The number of aromatic nitrogens is 1. The maximum atomic E-state index is 6.04. The summed E-state index contributed by atoms with van der Waals surface area (Å²) in [5.74, 6) is 1.38. The Morgan fingerprint density at radius 3 is 2.50 bits per heavy atom. The first kappa shape index (κ1) is 13.9. The molecule has 1 saturated carbocycles. The first-order chi connectivity index (χ1) is 9.37. The molecule has 0 bridgehead atoms. The Kier molecular flexibility index (Phi) is 3.29. The van der Waals surface area contributed by atoms with Crippen LogP contribution in [0.15, 0.2) is 18.3 Å². The molecule has 1 aromatic heterocycles. The summed E-state index contributed by atoms with van der Waals surface area (Å²) in [5, 5.41) is 0. The van der Waals surface area contributed by atoms with Gasteiger partial charge in [-0.2, -0.15) is 0 Å². The lowest BCUT2D eigenvalue weighted by molar-refractivity contribution is 0.00578. The minimum atomic E-state index is -0.355. The first-order valence-corrected chi connectivity index (χ1v) is 7.32. The van der Waals surface area contributed by atoms with Crippen molar-refractivity contribution in [3.63, 3.8) is 0 Å². The highest BCUT2D eigenvalue weighted by Gasteiger charge is 2.51. The summed E-state index contributed by atoms with van der Waals surface area (Å²) in [5.41, 5.74) is 0.316. The predicted molar refractivity (Wildman–Crippen MR) is 78.2 cm³/mol. The van der Waals surface area contributed by atoms with Crippen molar-refractivity contribution < 1.29 is 14.0 Å². The summed E-state index contributed by atoms with van der Waals surface area (Å²) in [6.45, 7) is 8.98. The van der Waals surface area contributed by atoms with E-state index >= 15 is 0 Å². The Balaban J connectivity index is 1.72. The molecule has 0 atom stereocenters. The minimum Gasteiger partial charge on any atom is -0.477 e. The van der Waals surface area contributed by atoms with Crippen molar-refractivity contribution in [3.05, 3.63) is 18.3 Å². The average Bonchev–Trinajstić information content (AvgIpc) is 3.15. The van der Waals surface area contributed by atoms with E-state index in [0.717, 1.165) is 18.0 Å². The summed E-state index contributed by atoms with van der Waals surface area (Å²) < 4.78 is 17.8. The lowest BCUT2D eigenvalue weighted by Gasteiger charge is -2.32. The van der Waals surface area contributed by atoms with E-state index in [9.17, 15) is 0 Å². The van der Waals surface area contributed by atoms with Crippen LogP contribution in [-0.2, 0) is 9.31 Å². The Morgan fingerprint density at radius 2 is 1.90 bits per heavy atom. The standard InChI is InChI=1S/C15H22BNO3/c1-14(2)15(3,4)20-16(19-14)12-7-8-17-13(9-12)18-10-11-5-6-11/h7-9,11H,5-6,10H2,1-4H3. The molecule has 0 radical (unpaired) electrons. The molecule has 3 rings (SSSR count). The third kappa shape index (κ3) is 2.70. The van der Waals surface area contributed by atoms with Gasteiger partial charge in [-0.05, 0) is 58.0 Å². The Labute approximate surface area is 121 Å². The van der Waals surface area contributed by atoms with Gasteiger partial charge in [-0.3, -0.25) is 0 Å². The minimum absolute atomic E-state index is 0.323. The second-order valence-electron chi connectivity index (χ2n) is 6.77. The van der Waals surface area contributed by atoms with E-state index in [1.54, 1.807) is 6.20 Å². The molecule has 0 N–H and O–H groups in total. The normalized spacial score (nSPS) is 23.9. The molecule has 4 nitrogen and oxygen atoms in total. The summed E-state index contributed by atoms with van der Waals surface area (Å²) in [4.78, 5) is 4.25. The fourth-order valence-corrected chi connectivity index (χ4v) is 2.12. The molecule has 2 heterocycles. The fourth-order valence-electron chi connectivity index (χ4n) is 2.12. The smallest absolute Gasteiger partial charge is 0.477 e. The van der Waals surface area contributed by atoms with E-state index in [4.69, 9.17) is 14.0 Å². The molecule has 108 valence electrons.